The summed E-state index contributed by atoms with van der Waals surface area (Å²) in [4.78, 5) is 12.1. The van der Waals surface area contributed by atoms with E-state index in [0.717, 1.165) is 41.0 Å². The molecule has 186 valence electrons. The first-order valence-corrected chi connectivity index (χ1v) is 16.6. The monoisotopic (exact) mass is 530 g/mol. The molecule has 1 heterocycles. The zero-order chi connectivity index (χ0) is 23.5. The zero-order valence-electron chi connectivity index (χ0n) is 21.0. The molecule has 1 aliphatic heterocycles. The van der Waals surface area contributed by atoms with Crippen molar-refractivity contribution in [3.63, 3.8) is 0 Å². The Labute approximate surface area is 209 Å². The van der Waals surface area contributed by atoms with Crippen molar-refractivity contribution in [2.24, 2.45) is 46.3 Å². The van der Waals surface area contributed by atoms with Gasteiger partial charge in [-0.1, -0.05) is 0 Å². The van der Waals surface area contributed by atoms with E-state index < -0.39 is 13.8 Å². The van der Waals surface area contributed by atoms with E-state index in [1.807, 2.05) is 0 Å². The number of cyclic esters (lactones) is 1. The third-order valence-electron chi connectivity index (χ3n) is 11.7. The summed E-state index contributed by atoms with van der Waals surface area (Å²) in [5, 5.41) is 0. The molecule has 3 nitrogen and oxygen atoms in total. The van der Waals surface area contributed by atoms with Crippen molar-refractivity contribution in [2.75, 3.05) is 6.61 Å². The van der Waals surface area contributed by atoms with Crippen molar-refractivity contribution >= 4 is 24.3 Å². The van der Waals surface area contributed by atoms with Crippen LogP contribution in [0, 0.1) is 46.3 Å². The van der Waals surface area contributed by atoms with Crippen LogP contribution in [-0.4, -0.2) is 26.4 Å². The first-order valence-electron chi connectivity index (χ1n) is 14.0. The van der Waals surface area contributed by atoms with Crippen LogP contribution in [0.2, 0.25) is 4.82 Å². The van der Waals surface area contributed by atoms with Gasteiger partial charge in [0.1, 0.15) is 0 Å². The Morgan fingerprint density at radius 3 is 2.44 bits per heavy atom. The maximum atomic E-state index is 14.1. The standard InChI is InChI=1S/C30H42O3Se/c1-29-18-17-26-23(25(29)15-14-24(29)20-11-16-28(31)33-19-20)13-12-21-7-6-10-27(30(21,26)2)34(32)22-8-4-3-5-9-22/h3-5,8-9,20-21,23-27H,6-7,10-19H2,1-2H3/t20-,21?,23-,24+,25+,26-,27?,29+,30-,34?/m0/s1. The van der Waals surface area contributed by atoms with Crippen LogP contribution in [0.1, 0.15) is 84.5 Å². The van der Waals surface area contributed by atoms with Crippen LogP contribution in [0.4, 0.5) is 0 Å². The van der Waals surface area contributed by atoms with Crippen molar-refractivity contribution < 1.29 is 13.4 Å². The van der Waals surface area contributed by atoms with E-state index in [0.29, 0.717) is 35.1 Å². The molecule has 5 fully saturated rings. The van der Waals surface area contributed by atoms with Gasteiger partial charge in [-0.25, -0.2) is 0 Å². The van der Waals surface area contributed by atoms with Gasteiger partial charge < -0.3 is 0 Å². The third kappa shape index (κ3) is 3.52. The molecular weight excluding hydrogens is 487 g/mol. The Morgan fingerprint density at radius 2 is 1.68 bits per heavy atom. The van der Waals surface area contributed by atoms with E-state index in [2.05, 4.69) is 44.2 Å². The molecular formula is C30H42O3Se. The molecule has 34 heavy (non-hydrogen) atoms. The van der Waals surface area contributed by atoms with Crippen LogP contribution >= 0.6 is 0 Å². The van der Waals surface area contributed by atoms with Gasteiger partial charge in [-0.2, -0.15) is 0 Å². The predicted octanol–water partition coefficient (Wildman–Crippen LogP) is 6.30. The van der Waals surface area contributed by atoms with Gasteiger partial charge in [-0.3, -0.25) is 0 Å². The fourth-order valence-corrected chi connectivity index (χ4v) is 14.3. The van der Waals surface area contributed by atoms with Gasteiger partial charge >= 0.3 is 210 Å². The van der Waals surface area contributed by atoms with Gasteiger partial charge in [0.15, 0.2) is 0 Å². The molecule has 3 unspecified atom stereocenters. The number of carbonyl (C=O) groups excluding carboxylic acids is 1. The molecule has 0 aromatic heterocycles. The molecule has 0 amide bonds. The molecule has 1 aromatic carbocycles. The summed E-state index contributed by atoms with van der Waals surface area (Å²) in [6.45, 7) is 5.84. The summed E-state index contributed by atoms with van der Waals surface area (Å²) in [7, 11) is 0. The Hall–Kier alpha value is -0.991. The molecule has 0 N–H and O–H groups in total. The van der Waals surface area contributed by atoms with E-state index in [-0.39, 0.29) is 11.4 Å². The van der Waals surface area contributed by atoms with Crippen molar-refractivity contribution in [3.8, 4) is 0 Å². The Morgan fingerprint density at radius 1 is 0.882 bits per heavy atom. The average Bonchev–Trinajstić information content (AvgIpc) is 3.21. The Balaban J connectivity index is 1.28. The number of hydrogen-bond acceptors (Lipinski definition) is 3. The molecule has 4 saturated carbocycles. The number of esters is 1. The summed E-state index contributed by atoms with van der Waals surface area (Å²) in [5.41, 5.74) is 0.638. The molecule has 10 atom stereocenters. The quantitative estimate of drug-likeness (QED) is 0.341. The summed E-state index contributed by atoms with van der Waals surface area (Å²) in [6, 6.07) is 10.5. The topological polar surface area (TPSA) is 43.4 Å². The number of fused-ring (bicyclic) bond motifs is 5. The summed E-state index contributed by atoms with van der Waals surface area (Å²) < 4.78 is 20.7. The number of hydrogen-bond donors (Lipinski definition) is 0. The van der Waals surface area contributed by atoms with Gasteiger partial charge in [0.05, 0.1) is 0 Å². The number of ether oxygens (including phenoxy) is 1. The first-order chi connectivity index (χ1) is 16.4. The van der Waals surface area contributed by atoms with Gasteiger partial charge in [0.25, 0.3) is 0 Å². The van der Waals surface area contributed by atoms with E-state index in [9.17, 15) is 8.63 Å². The summed E-state index contributed by atoms with van der Waals surface area (Å²) in [5.74, 6) is 4.38. The van der Waals surface area contributed by atoms with Crippen molar-refractivity contribution in [3.05, 3.63) is 30.3 Å². The van der Waals surface area contributed by atoms with Crippen LogP contribution in [0.15, 0.2) is 30.3 Å². The number of rotatable bonds is 3. The van der Waals surface area contributed by atoms with Gasteiger partial charge in [0, 0.05) is 0 Å². The second kappa shape index (κ2) is 8.84. The van der Waals surface area contributed by atoms with Crippen LogP contribution in [0.5, 0.6) is 0 Å². The minimum atomic E-state index is -2.09. The normalized spacial score (nSPS) is 47.1. The Bertz CT molecular complexity index is 936. The molecule has 0 spiro atoms. The molecule has 5 aliphatic rings. The molecule has 0 radical (unpaired) electrons. The summed E-state index contributed by atoms with van der Waals surface area (Å²) >= 11 is -2.09. The van der Waals surface area contributed by atoms with Gasteiger partial charge in [-0.05, 0) is 0 Å². The number of benzene rings is 1. The third-order valence-corrected chi connectivity index (χ3v) is 15.9. The molecule has 4 heteroatoms. The van der Waals surface area contributed by atoms with E-state index in [1.165, 1.54) is 51.4 Å². The van der Waals surface area contributed by atoms with Crippen LogP contribution in [-0.2, 0) is 13.4 Å². The number of carbonyl (C=O) groups is 1. The van der Waals surface area contributed by atoms with E-state index in [1.54, 1.807) is 0 Å². The van der Waals surface area contributed by atoms with Gasteiger partial charge in [-0.15, -0.1) is 0 Å². The van der Waals surface area contributed by atoms with Gasteiger partial charge in [0.2, 0.25) is 0 Å². The second-order valence-corrected chi connectivity index (χ2v) is 16.2. The van der Waals surface area contributed by atoms with Crippen molar-refractivity contribution in [1.82, 2.24) is 0 Å². The SMILES string of the molecule is C[C@@]12C(CCCC1[Se](=O)c1ccccc1)CC[C@H]1[C@H]3CC[C@H]([C@H]4CCC(=O)OC4)[C@@]3(C)CC[C@@H]12. The fourth-order valence-electron chi connectivity index (χ4n) is 10.1. The first kappa shape index (κ1) is 23.4. The predicted molar refractivity (Wildman–Crippen MR) is 135 cm³/mol. The van der Waals surface area contributed by atoms with Crippen LogP contribution in [0.3, 0.4) is 0 Å². The minimum absolute atomic E-state index is 0.00331. The zero-order valence-corrected chi connectivity index (χ0v) is 22.8. The molecule has 4 aliphatic carbocycles. The van der Waals surface area contributed by atoms with Crippen LogP contribution in [0.25, 0.3) is 0 Å². The maximum absolute atomic E-state index is 14.1. The molecule has 1 saturated heterocycles. The second-order valence-electron chi connectivity index (χ2n) is 12.8. The van der Waals surface area contributed by atoms with E-state index >= 15 is 0 Å². The average molecular weight is 530 g/mol. The van der Waals surface area contributed by atoms with Crippen molar-refractivity contribution in [1.29, 1.82) is 0 Å². The van der Waals surface area contributed by atoms with Crippen molar-refractivity contribution in [2.45, 2.75) is 89.3 Å². The molecule has 1 aromatic rings. The molecule has 6 rings (SSSR count). The molecule has 0 bridgehead atoms. The summed E-state index contributed by atoms with van der Waals surface area (Å²) in [6.07, 6.45) is 13.5. The fraction of sp³-hybridized carbons (Fsp3) is 0.767. The van der Waals surface area contributed by atoms with E-state index in [4.69, 9.17) is 4.74 Å². The van der Waals surface area contributed by atoms with Crippen LogP contribution < -0.4 is 4.46 Å². The Kier molecular flexibility index (Phi) is 6.09.